The molecule has 3 rings (SSSR count). The van der Waals surface area contributed by atoms with Crippen LogP contribution in [0.1, 0.15) is 17.5 Å². The summed E-state index contributed by atoms with van der Waals surface area (Å²) in [5, 5.41) is 10.7. The molecule has 3 aromatic rings. The van der Waals surface area contributed by atoms with E-state index in [1.54, 1.807) is 48.5 Å². The van der Waals surface area contributed by atoms with Gasteiger partial charge < -0.3 is 4.74 Å². The van der Waals surface area contributed by atoms with Crippen molar-refractivity contribution in [3.8, 4) is 0 Å². The number of carbonyl (C=O) groups is 1. The van der Waals surface area contributed by atoms with Crippen LogP contribution in [0.4, 0.5) is 5.69 Å². The highest BCUT2D eigenvalue weighted by Gasteiger charge is 2.15. The molecule has 0 fully saturated rings. The smallest absolute Gasteiger partial charge is 0.306 e. The first kappa shape index (κ1) is 23.5. The Morgan fingerprint density at radius 3 is 2.19 bits per heavy atom. The van der Waals surface area contributed by atoms with Gasteiger partial charge in [0.05, 0.1) is 22.0 Å². The highest BCUT2D eigenvalue weighted by atomic mass is 32.2. The standard InChI is InChI=1S/C23H21NO6S2/c25-23(14-15-31-21-10-8-20(9-11-21)24(26)27)30-16-18-6-12-22(13-7-18)32(28,29)17-19-4-2-1-3-5-19/h1-13H,14-17H2. The topological polar surface area (TPSA) is 104 Å². The van der Waals surface area contributed by atoms with Crippen LogP contribution in [0.25, 0.3) is 0 Å². The maximum Gasteiger partial charge on any atom is 0.306 e. The lowest BCUT2D eigenvalue weighted by Gasteiger charge is -2.08. The summed E-state index contributed by atoms with van der Waals surface area (Å²) in [5.41, 5.74) is 1.43. The summed E-state index contributed by atoms with van der Waals surface area (Å²) in [6, 6.07) is 21.4. The Hall–Kier alpha value is -3.17. The number of non-ortho nitro benzene ring substituents is 1. The fourth-order valence-corrected chi connectivity index (χ4v) is 5.00. The van der Waals surface area contributed by atoms with Crippen molar-refractivity contribution < 1.29 is 22.9 Å². The third-order valence-electron chi connectivity index (χ3n) is 4.50. The lowest BCUT2D eigenvalue weighted by atomic mass is 10.2. The molecule has 0 aromatic heterocycles. The lowest BCUT2D eigenvalue weighted by molar-refractivity contribution is -0.384. The van der Waals surface area contributed by atoms with Crippen molar-refractivity contribution in [3.05, 3.63) is 100 Å². The van der Waals surface area contributed by atoms with E-state index in [4.69, 9.17) is 4.74 Å². The number of benzene rings is 3. The second-order valence-electron chi connectivity index (χ2n) is 6.90. The molecule has 0 heterocycles. The number of hydrogen-bond donors (Lipinski definition) is 0. The molecule has 0 aliphatic heterocycles. The minimum absolute atomic E-state index is 0.0210. The summed E-state index contributed by atoms with van der Waals surface area (Å²) in [5.74, 6) is 0.0298. The molecule has 0 amide bonds. The maximum atomic E-state index is 12.5. The van der Waals surface area contributed by atoms with E-state index in [2.05, 4.69) is 0 Å². The fourth-order valence-electron chi connectivity index (χ4n) is 2.82. The summed E-state index contributed by atoms with van der Waals surface area (Å²) in [6.07, 6.45) is 0.186. The van der Waals surface area contributed by atoms with Gasteiger partial charge in [0.25, 0.3) is 5.69 Å². The second kappa shape index (κ2) is 10.9. The summed E-state index contributed by atoms with van der Waals surface area (Å²) in [4.78, 5) is 23.2. The number of hydrogen-bond acceptors (Lipinski definition) is 7. The number of nitro groups is 1. The predicted molar refractivity (Wildman–Crippen MR) is 122 cm³/mol. The number of thioether (sulfide) groups is 1. The van der Waals surface area contributed by atoms with Gasteiger partial charge in [-0.3, -0.25) is 14.9 Å². The average molecular weight is 472 g/mol. The van der Waals surface area contributed by atoms with Crippen LogP contribution >= 0.6 is 11.8 Å². The number of ether oxygens (including phenoxy) is 1. The summed E-state index contributed by atoms with van der Waals surface area (Å²) < 4.78 is 30.3. The molecular weight excluding hydrogens is 450 g/mol. The van der Waals surface area contributed by atoms with Gasteiger partial charge >= 0.3 is 5.97 Å². The van der Waals surface area contributed by atoms with Crippen molar-refractivity contribution in [2.24, 2.45) is 0 Å². The Balaban J connectivity index is 1.44. The normalized spacial score (nSPS) is 11.1. The third kappa shape index (κ3) is 6.93. The van der Waals surface area contributed by atoms with Gasteiger partial charge in [-0.05, 0) is 35.4 Å². The molecule has 0 aliphatic carbocycles. The fraction of sp³-hybridized carbons (Fsp3) is 0.174. The lowest BCUT2D eigenvalue weighted by Crippen LogP contribution is -2.07. The van der Waals surface area contributed by atoms with Crippen LogP contribution in [0.2, 0.25) is 0 Å². The molecule has 9 heteroatoms. The van der Waals surface area contributed by atoms with E-state index in [9.17, 15) is 23.3 Å². The molecule has 0 saturated carbocycles. The Bertz CT molecular complexity index is 1160. The monoisotopic (exact) mass is 471 g/mol. The van der Waals surface area contributed by atoms with E-state index >= 15 is 0 Å². The molecule has 3 aromatic carbocycles. The molecule has 32 heavy (non-hydrogen) atoms. The van der Waals surface area contributed by atoms with Crippen molar-refractivity contribution in [3.63, 3.8) is 0 Å². The van der Waals surface area contributed by atoms with Crippen molar-refractivity contribution >= 4 is 33.3 Å². The van der Waals surface area contributed by atoms with Crippen molar-refractivity contribution in [1.82, 2.24) is 0 Å². The average Bonchev–Trinajstić information content (AvgIpc) is 2.79. The molecule has 166 valence electrons. The van der Waals surface area contributed by atoms with E-state index in [0.29, 0.717) is 11.3 Å². The van der Waals surface area contributed by atoms with Crippen LogP contribution < -0.4 is 0 Å². The molecule has 0 aliphatic rings. The SMILES string of the molecule is O=C(CCSc1ccc([N+](=O)[O-])cc1)OCc1ccc(S(=O)(=O)Cc2ccccc2)cc1. The molecule has 0 atom stereocenters. The summed E-state index contributed by atoms with van der Waals surface area (Å²) >= 11 is 1.41. The summed E-state index contributed by atoms with van der Waals surface area (Å²) in [7, 11) is -3.46. The van der Waals surface area contributed by atoms with E-state index in [-0.39, 0.29) is 35.3 Å². The molecule has 0 N–H and O–H groups in total. The first-order valence-corrected chi connectivity index (χ1v) is 12.4. The van der Waals surface area contributed by atoms with Crippen molar-refractivity contribution in [1.29, 1.82) is 0 Å². The van der Waals surface area contributed by atoms with Crippen LogP contribution in [0.5, 0.6) is 0 Å². The molecule has 0 saturated heterocycles. The van der Waals surface area contributed by atoms with Gasteiger partial charge in [-0.2, -0.15) is 0 Å². The van der Waals surface area contributed by atoms with Gasteiger partial charge in [0, 0.05) is 22.8 Å². The van der Waals surface area contributed by atoms with Gasteiger partial charge in [-0.25, -0.2) is 8.42 Å². The Morgan fingerprint density at radius 2 is 1.56 bits per heavy atom. The highest BCUT2D eigenvalue weighted by molar-refractivity contribution is 7.99. The molecule has 0 spiro atoms. The third-order valence-corrected chi connectivity index (χ3v) is 7.22. The second-order valence-corrected chi connectivity index (χ2v) is 10.1. The van der Waals surface area contributed by atoms with E-state index in [1.807, 2.05) is 6.07 Å². The van der Waals surface area contributed by atoms with Crippen LogP contribution in [0.15, 0.2) is 88.7 Å². The van der Waals surface area contributed by atoms with Gasteiger partial charge in [-0.15, -0.1) is 11.8 Å². The zero-order chi connectivity index (χ0) is 23.0. The predicted octanol–water partition coefficient (Wildman–Crippen LogP) is 4.79. The molecule has 0 bridgehead atoms. The number of esters is 1. The van der Waals surface area contributed by atoms with Gasteiger partial charge in [0.1, 0.15) is 6.61 Å². The zero-order valence-corrected chi connectivity index (χ0v) is 18.7. The number of rotatable bonds is 10. The summed E-state index contributed by atoms with van der Waals surface area (Å²) in [6.45, 7) is 0.0556. The van der Waals surface area contributed by atoms with Gasteiger partial charge in [0.15, 0.2) is 9.84 Å². The van der Waals surface area contributed by atoms with Gasteiger partial charge in [-0.1, -0.05) is 42.5 Å². The minimum atomic E-state index is -3.46. The van der Waals surface area contributed by atoms with Crippen LogP contribution in [-0.2, 0) is 31.7 Å². The largest absolute Gasteiger partial charge is 0.461 e. The van der Waals surface area contributed by atoms with Crippen molar-refractivity contribution in [2.75, 3.05) is 5.75 Å². The number of nitro benzene ring substituents is 1. The molecule has 0 unspecified atom stereocenters. The Labute approximate surface area is 190 Å². The molecule has 0 radical (unpaired) electrons. The maximum absolute atomic E-state index is 12.5. The first-order valence-electron chi connectivity index (χ1n) is 9.72. The van der Waals surface area contributed by atoms with Crippen LogP contribution in [0, 0.1) is 10.1 Å². The number of carbonyl (C=O) groups excluding carboxylic acids is 1. The van der Waals surface area contributed by atoms with E-state index in [0.717, 1.165) is 10.5 Å². The Morgan fingerprint density at radius 1 is 0.906 bits per heavy atom. The van der Waals surface area contributed by atoms with Gasteiger partial charge in [0.2, 0.25) is 0 Å². The number of sulfone groups is 1. The molecular formula is C23H21NO6S2. The quantitative estimate of drug-likeness (QED) is 0.181. The van der Waals surface area contributed by atoms with Crippen LogP contribution in [0.3, 0.4) is 0 Å². The van der Waals surface area contributed by atoms with E-state index < -0.39 is 14.8 Å². The highest BCUT2D eigenvalue weighted by Crippen LogP contribution is 2.22. The zero-order valence-electron chi connectivity index (χ0n) is 17.0. The van der Waals surface area contributed by atoms with E-state index in [1.165, 1.54) is 36.0 Å². The number of nitrogens with zero attached hydrogens (tertiary/aromatic N) is 1. The van der Waals surface area contributed by atoms with Crippen LogP contribution in [-0.4, -0.2) is 25.1 Å². The van der Waals surface area contributed by atoms with Crippen molar-refractivity contribution in [2.45, 2.75) is 28.6 Å². The molecule has 7 nitrogen and oxygen atoms in total. The Kier molecular flexibility index (Phi) is 8.02. The first-order chi connectivity index (χ1) is 15.3. The minimum Gasteiger partial charge on any atom is -0.461 e.